The van der Waals surface area contributed by atoms with Gasteiger partial charge in [-0.05, 0) is 73.6 Å². The molecule has 2 saturated carbocycles. The average Bonchev–Trinajstić information content (AvgIpc) is 3.51. The van der Waals surface area contributed by atoms with Crippen LogP contribution in [0.25, 0.3) is 5.70 Å². The highest BCUT2D eigenvalue weighted by molar-refractivity contribution is 5.95. The van der Waals surface area contributed by atoms with E-state index in [2.05, 4.69) is 10.6 Å². The van der Waals surface area contributed by atoms with Crippen LogP contribution in [0, 0.1) is 23.2 Å². The van der Waals surface area contributed by atoms with Crippen molar-refractivity contribution in [1.29, 1.82) is 5.41 Å². The molecule has 25 heavy (non-hydrogen) atoms. The molecular weight excluding hydrogens is 312 g/mol. The van der Waals surface area contributed by atoms with Crippen LogP contribution in [-0.2, 0) is 4.79 Å². The smallest absolute Gasteiger partial charge is 0.241 e. The third kappa shape index (κ3) is 4.10. The van der Waals surface area contributed by atoms with Crippen molar-refractivity contribution in [1.82, 2.24) is 5.32 Å². The number of hydrogen-bond acceptors (Lipinski definition) is 4. The summed E-state index contributed by atoms with van der Waals surface area (Å²) in [6.45, 7) is 1.89. The molecule has 0 radical (unpaired) electrons. The number of allylic oxidation sites excluding steroid dienone is 1. The fourth-order valence-electron chi connectivity index (χ4n) is 3.70. The van der Waals surface area contributed by atoms with Crippen molar-refractivity contribution in [2.75, 3.05) is 12.4 Å². The SMILES string of the molecule is CN/C(=C(/C)C=N)c1ccc(NC(=O)[C@@H](N)C(C2CC2)C2CC2)cc1. The van der Waals surface area contributed by atoms with E-state index in [-0.39, 0.29) is 5.91 Å². The second-order valence-corrected chi connectivity index (χ2v) is 7.30. The van der Waals surface area contributed by atoms with Gasteiger partial charge in [0.15, 0.2) is 0 Å². The highest BCUT2D eigenvalue weighted by Crippen LogP contribution is 2.50. The maximum atomic E-state index is 12.6. The van der Waals surface area contributed by atoms with Crippen LogP contribution in [-0.4, -0.2) is 25.2 Å². The molecule has 1 amide bonds. The van der Waals surface area contributed by atoms with Crippen molar-refractivity contribution in [2.45, 2.75) is 38.6 Å². The molecule has 134 valence electrons. The van der Waals surface area contributed by atoms with Gasteiger partial charge in [-0.2, -0.15) is 0 Å². The average molecular weight is 340 g/mol. The lowest BCUT2D eigenvalue weighted by Crippen LogP contribution is -2.43. The topological polar surface area (TPSA) is 91.0 Å². The number of nitrogens with two attached hydrogens (primary N) is 1. The molecule has 0 unspecified atom stereocenters. The molecule has 1 atom stereocenters. The number of amides is 1. The maximum absolute atomic E-state index is 12.6. The van der Waals surface area contributed by atoms with E-state index in [0.717, 1.165) is 22.5 Å². The lowest BCUT2D eigenvalue weighted by atomic mass is 9.89. The number of carbonyl (C=O) groups excluding carboxylic acids is 1. The van der Waals surface area contributed by atoms with E-state index in [9.17, 15) is 4.79 Å². The van der Waals surface area contributed by atoms with Crippen LogP contribution in [0.2, 0.25) is 0 Å². The fourth-order valence-corrected chi connectivity index (χ4v) is 3.70. The lowest BCUT2D eigenvalue weighted by molar-refractivity contribution is -0.118. The van der Waals surface area contributed by atoms with E-state index < -0.39 is 6.04 Å². The Hall–Kier alpha value is -2.14. The van der Waals surface area contributed by atoms with Gasteiger partial charge in [-0.15, -0.1) is 0 Å². The molecule has 0 heterocycles. The molecule has 1 aromatic carbocycles. The van der Waals surface area contributed by atoms with Gasteiger partial charge in [0.05, 0.1) is 6.04 Å². The lowest BCUT2D eigenvalue weighted by Gasteiger charge is -2.23. The number of nitrogens with one attached hydrogen (secondary N) is 3. The Labute approximate surface area is 149 Å². The van der Waals surface area contributed by atoms with Gasteiger partial charge in [-0.3, -0.25) is 4.79 Å². The molecule has 2 aliphatic carbocycles. The third-order valence-corrected chi connectivity index (χ3v) is 5.35. The Morgan fingerprint density at radius 1 is 1.20 bits per heavy atom. The first kappa shape index (κ1) is 17.7. The normalized spacial score (nSPS) is 19.2. The van der Waals surface area contributed by atoms with E-state index in [0.29, 0.717) is 17.8 Å². The Morgan fingerprint density at radius 2 is 1.76 bits per heavy atom. The molecule has 5 nitrogen and oxygen atoms in total. The van der Waals surface area contributed by atoms with Gasteiger partial charge < -0.3 is 21.8 Å². The Kier molecular flexibility index (Phi) is 5.23. The maximum Gasteiger partial charge on any atom is 0.241 e. The molecule has 0 spiro atoms. The van der Waals surface area contributed by atoms with Crippen molar-refractivity contribution in [3.05, 3.63) is 35.4 Å². The summed E-state index contributed by atoms with van der Waals surface area (Å²) in [6.07, 6.45) is 6.23. The first-order chi connectivity index (χ1) is 12.0. The van der Waals surface area contributed by atoms with Crippen molar-refractivity contribution in [2.24, 2.45) is 23.5 Å². The molecule has 2 fully saturated rings. The van der Waals surface area contributed by atoms with E-state index in [1.165, 1.54) is 31.9 Å². The summed E-state index contributed by atoms with van der Waals surface area (Å²) in [5.74, 6) is 1.59. The van der Waals surface area contributed by atoms with Gasteiger partial charge in [-0.1, -0.05) is 12.1 Å². The minimum atomic E-state index is -0.410. The predicted molar refractivity (Wildman–Crippen MR) is 102 cm³/mol. The highest BCUT2D eigenvalue weighted by Gasteiger charge is 2.46. The first-order valence-electron chi connectivity index (χ1n) is 9.11. The van der Waals surface area contributed by atoms with Gasteiger partial charge in [0.2, 0.25) is 5.91 Å². The summed E-state index contributed by atoms with van der Waals surface area (Å²) >= 11 is 0. The zero-order valence-corrected chi connectivity index (χ0v) is 15.0. The van der Waals surface area contributed by atoms with Gasteiger partial charge in [0, 0.05) is 24.6 Å². The van der Waals surface area contributed by atoms with Crippen molar-refractivity contribution >= 4 is 23.5 Å². The van der Waals surface area contributed by atoms with Crippen LogP contribution < -0.4 is 16.4 Å². The largest absolute Gasteiger partial charge is 0.387 e. The standard InChI is InChI=1S/C20H28N4O/c1-12(11-21)19(23-2)15-7-9-16(10-8-15)24-20(25)18(22)17(13-3-4-13)14-5-6-14/h7-11,13-14,17-18,21,23H,3-6,22H2,1-2H3,(H,24,25)/b19-12-,21-11?/t18-/m0/s1. The van der Waals surface area contributed by atoms with E-state index in [1.54, 1.807) is 0 Å². The number of benzene rings is 1. The molecule has 0 aliphatic heterocycles. The number of hydrogen-bond donors (Lipinski definition) is 4. The number of carbonyl (C=O) groups is 1. The monoisotopic (exact) mass is 340 g/mol. The summed E-state index contributed by atoms with van der Waals surface area (Å²) in [5.41, 5.74) is 9.81. The Balaban J connectivity index is 1.66. The van der Waals surface area contributed by atoms with Crippen LogP contribution in [0.1, 0.15) is 38.2 Å². The van der Waals surface area contributed by atoms with E-state index in [4.69, 9.17) is 11.1 Å². The Morgan fingerprint density at radius 3 is 2.20 bits per heavy atom. The Bertz CT molecular complexity index is 659. The van der Waals surface area contributed by atoms with Gasteiger partial charge >= 0.3 is 0 Å². The van der Waals surface area contributed by atoms with E-state index >= 15 is 0 Å². The van der Waals surface area contributed by atoms with Crippen molar-refractivity contribution in [3.8, 4) is 0 Å². The summed E-state index contributed by atoms with van der Waals surface area (Å²) in [4.78, 5) is 12.6. The second-order valence-electron chi connectivity index (χ2n) is 7.30. The molecular formula is C20H28N4O. The highest BCUT2D eigenvalue weighted by atomic mass is 16.2. The van der Waals surface area contributed by atoms with Gasteiger partial charge in [0.25, 0.3) is 0 Å². The molecule has 0 saturated heterocycles. The second kappa shape index (κ2) is 7.40. The van der Waals surface area contributed by atoms with Crippen LogP contribution >= 0.6 is 0 Å². The molecule has 1 aromatic rings. The predicted octanol–water partition coefficient (Wildman–Crippen LogP) is 2.99. The van der Waals surface area contributed by atoms with Crippen LogP contribution in [0.5, 0.6) is 0 Å². The van der Waals surface area contributed by atoms with Gasteiger partial charge in [-0.25, -0.2) is 0 Å². The summed E-state index contributed by atoms with van der Waals surface area (Å²) in [7, 11) is 1.84. The van der Waals surface area contributed by atoms with E-state index in [1.807, 2.05) is 38.2 Å². The van der Waals surface area contributed by atoms with Crippen LogP contribution in [0.4, 0.5) is 5.69 Å². The summed E-state index contributed by atoms with van der Waals surface area (Å²) < 4.78 is 0. The third-order valence-electron chi connectivity index (χ3n) is 5.35. The first-order valence-corrected chi connectivity index (χ1v) is 9.11. The summed E-state index contributed by atoms with van der Waals surface area (Å²) in [6, 6.07) is 7.25. The molecule has 0 aromatic heterocycles. The quantitative estimate of drug-likeness (QED) is 0.548. The zero-order chi connectivity index (χ0) is 18.0. The molecule has 5 heteroatoms. The van der Waals surface area contributed by atoms with Crippen molar-refractivity contribution in [3.63, 3.8) is 0 Å². The van der Waals surface area contributed by atoms with Gasteiger partial charge in [0.1, 0.15) is 0 Å². The minimum absolute atomic E-state index is 0.0726. The zero-order valence-electron chi connectivity index (χ0n) is 15.0. The number of anilines is 1. The molecule has 5 N–H and O–H groups in total. The van der Waals surface area contributed by atoms with Crippen molar-refractivity contribution < 1.29 is 4.79 Å². The van der Waals surface area contributed by atoms with Crippen LogP contribution in [0.3, 0.4) is 0 Å². The fraction of sp³-hybridized carbons (Fsp3) is 0.500. The molecule has 0 bridgehead atoms. The molecule has 2 aliphatic rings. The molecule has 3 rings (SSSR count). The minimum Gasteiger partial charge on any atom is -0.387 e. The summed E-state index contributed by atoms with van der Waals surface area (Å²) in [5, 5.41) is 13.5. The van der Waals surface area contributed by atoms with Crippen LogP contribution in [0.15, 0.2) is 29.8 Å². The number of rotatable bonds is 8.